The maximum Gasteiger partial charge on any atom is 0.185 e. The van der Waals surface area contributed by atoms with E-state index in [1.807, 2.05) is 10.3 Å². The highest BCUT2D eigenvalue weighted by Gasteiger charge is 2.09. The van der Waals surface area contributed by atoms with Crippen molar-refractivity contribution in [2.24, 2.45) is 0 Å². The number of anilines is 1. The standard InChI is InChI=1S/C9H16N2O2S/c1-2-8-7-14-9(10-8)11(3-5-12)4-6-13/h7,12-13H,2-6H2,1H3. The van der Waals surface area contributed by atoms with Crippen molar-refractivity contribution in [3.05, 3.63) is 11.1 Å². The number of hydrogen-bond acceptors (Lipinski definition) is 5. The van der Waals surface area contributed by atoms with Crippen LogP contribution in [-0.4, -0.2) is 41.5 Å². The Labute approximate surface area is 87.8 Å². The topological polar surface area (TPSA) is 56.6 Å². The maximum absolute atomic E-state index is 8.84. The number of hydrogen-bond donors (Lipinski definition) is 2. The van der Waals surface area contributed by atoms with Crippen LogP contribution in [0.2, 0.25) is 0 Å². The number of aliphatic hydroxyl groups excluding tert-OH is 2. The Kier molecular flexibility index (Phi) is 4.86. The summed E-state index contributed by atoms with van der Waals surface area (Å²) in [7, 11) is 0. The van der Waals surface area contributed by atoms with E-state index in [1.54, 1.807) is 11.3 Å². The minimum atomic E-state index is 0.0844. The van der Waals surface area contributed by atoms with E-state index >= 15 is 0 Å². The Hall–Kier alpha value is -0.650. The van der Waals surface area contributed by atoms with Crippen LogP contribution in [-0.2, 0) is 6.42 Å². The Morgan fingerprint density at radius 2 is 2.00 bits per heavy atom. The van der Waals surface area contributed by atoms with Crippen LogP contribution in [0.25, 0.3) is 0 Å². The van der Waals surface area contributed by atoms with Crippen molar-refractivity contribution >= 4 is 16.5 Å². The van der Waals surface area contributed by atoms with Crippen molar-refractivity contribution in [3.8, 4) is 0 Å². The molecule has 1 aromatic heterocycles. The van der Waals surface area contributed by atoms with Gasteiger partial charge in [0.15, 0.2) is 5.13 Å². The Morgan fingerprint density at radius 1 is 1.36 bits per heavy atom. The molecule has 0 aliphatic rings. The molecule has 0 bridgehead atoms. The molecular formula is C9H16N2O2S. The van der Waals surface area contributed by atoms with E-state index in [-0.39, 0.29) is 13.2 Å². The van der Waals surface area contributed by atoms with Gasteiger partial charge in [-0.05, 0) is 6.42 Å². The molecule has 5 heteroatoms. The number of thiazole rings is 1. The van der Waals surface area contributed by atoms with Gasteiger partial charge in [-0.2, -0.15) is 0 Å². The summed E-state index contributed by atoms with van der Waals surface area (Å²) in [5.74, 6) is 0. The first-order chi connectivity index (χ1) is 6.81. The van der Waals surface area contributed by atoms with Crippen LogP contribution >= 0.6 is 11.3 Å². The average molecular weight is 216 g/mol. The third-order valence-electron chi connectivity index (χ3n) is 1.91. The first-order valence-corrected chi connectivity index (χ1v) is 5.60. The second-order valence-corrected chi connectivity index (χ2v) is 3.75. The van der Waals surface area contributed by atoms with Gasteiger partial charge in [-0.25, -0.2) is 4.98 Å². The zero-order valence-electron chi connectivity index (χ0n) is 8.31. The fraction of sp³-hybridized carbons (Fsp3) is 0.667. The summed E-state index contributed by atoms with van der Waals surface area (Å²) in [5, 5.41) is 20.6. The highest BCUT2D eigenvalue weighted by Crippen LogP contribution is 2.20. The van der Waals surface area contributed by atoms with Crippen LogP contribution in [0.4, 0.5) is 5.13 Å². The molecule has 0 atom stereocenters. The van der Waals surface area contributed by atoms with E-state index in [0.29, 0.717) is 13.1 Å². The third-order valence-corrected chi connectivity index (χ3v) is 2.86. The van der Waals surface area contributed by atoms with Gasteiger partial charge in [0.2, 0.25) is 0 Å². The van der Waals surface area contributed by atoms with Crippen molar-refractivity contribution in [1.82, 2.24) is 4.98 Å². The smallest absolute Gasteiger partial charge is 0.185 e. The summed E-state index contributed by atoms with van der Waals surface area (Å²) in [6.45, 7) is 3.28. The zero-order chi connectivity index (χ0) is 10.4. The van der Waals surface area contributed by atoms with Crippen LogP contribution in [0.15, 0.2) is 5.38 Å². The van der Waals surface area contributed by atoms with E-state index in [2.05, 4.69) is 11.9 Å². The van der Waals surface area contributed by atoms with Gasteiger partial charge in [-0.3, -0.25) is 0 Å². The lowest BCUT2D eigenvalue weighted by molar-refractivity contribution is 0.281. The molecule has 0 saturated heterocycles. The normalized spacial score (nSPS) is 10.5. The van der Waals surface area contributed by atoms with Gasteiger partial charge in [0, 0.05) is 18.5 Å². The Balaban J connectivity index is 2.65. The summed E-state index contributed by atoms with van der Waals surface area (Å²) in [5.41, 5.74) is 1.06. The van der Waals surface area contributed by atoms with Crippen LogP contribution in [0.1, 0.15) is 12.6 Å². The molecule has 0 aliphatic heterocycles. The number of aryl methyl sites for hydroxylation is 1. The van der Waals surface area contributed by atoms with Crippen LogP contribution in [0.3, 0.4) is 0 Å². The molecule has 0 unspecified atom stereocenters. The largest absolute Gasteiger partial charge is 0.395 e. The Morgan fingerprint density at radius 3 is 2.43 bits per heavy atom. The van der Waals surface area contributed by atoms with Crippen LogP contribution < -0.4 is 4.90 Å². The molecule has 1 rings (SSSR count). The van der Waals surface area contributed by atoms with Gasteiger partial charge in [0.05, 0.1) is 18.9 Å². The molecule has 0 aromatic carbocycles. The molecule has 80 valence electrons. The monoisotopic (exact) mass is 216 g/mol. The van der Waals surface area contributed by atoms with Gasteiger partial charge in [0.1, 0.15) is 0 Å². The van der Waals surface area contributed by atoms with E-state index in [1.165, 1.54) is 0 Å². The second kappa shape index (κ2) is 5.95. The predicted octanol–water partition coefficient (Wildman–Crippen LogP) is 0.496. The van der Waals surface area contributed by atoms with Gasteiger partial charge in [-0.1, -0.05) is 6.92 Å². The van der Waals surface area contributed by atoms with Gasteiger partial charge < -0.3 is 15.1 Å². The molecule has 0 amide bonds. The molecule has 2 N–H and O–H groups in total. The second-order valence-electron chi connectivity index (χ2n) is 2.91. The lowest BCUT2D eigenvalue weighted by atomic mass is 10.4. The van der Waals surface area contributed by atoms with Gasteiger partial charge in [0.25, 0.3) is 0 Å². The van der Waals surface area contributed by atoms with Crippen molar-refractivity contribution in [2.45, 2.75) is 13.3 Å². The average Bonchev–Trinajstić information content (AvgIpc) is 2.65. The highest BCUT2D eigenvalue weighted by atomic mass is 32.1. The number of aromatic nitrogens is 1. The summed E-state index contributed by atoms with van der Waals surface area (Å²) < 4.78 is 0. The summed E-state index contributed by atoms with van der Waals surface area (Å²) in [6, 6.07) is 0. The summed E-state index contributed by atoms with van der Waals surface area (Å²) in [6.07, 6.45) is 0.919. The summed E-state index contributed by atoms with van der Waals surface area (Å²) in [4.78, 5) is 6.28. The Bertz CT molecular complexity index is 259. The maximum atomic E-state index is 8.84. The minimum Gasteiger partial charge on any atom is -0.395 e. The predicted molar refractivity (Wildman–Crippen MR) is 57.9 cm³/mol. The zero-order valence-corrected chi connectivity index (χ0v) is 9.13. The van der Waals surface area contributed by atoms with Crippen molar-refractivity contribution < 1.29 is 10.2 Å². The SMILES string of the molecule is CCc1csc(N(CCO)CCO)n1. The molecule has 0 aliphatic carbocycles. The molecule has 0 saturated carbocycles. The lowest BCUT2D eigenvalue weighted by Crippen LogP contribution is -2.29. The molecule has 0 spiro atoms. The first kappa shape index (κ1) is 11.4. The number of rotatable bonds is 6. The van der Waals surface area contributed by atoms with Crippen molar-refractivity contribution in [1.29, 1.82) is 0 Å². The van der Waals surface area contributed by atoms with Crippen molar-refractivity contribution in [3.63, 3.8) is 0 Å². The molecule has 4 nitrogen and oxygen atoms in total. The molecule has 14 heavy (non-hydrogen) atoms. The molecule has 0 radical (unpaired) electrons. The van der Waals surface area contributed by atoms with E-state index in [9.17, 15) is 0 Å². The van der Waals surface area contributed by atoms with Crippen LogP contribution in [0, 0.1) is 0 Å². The van der Waals surface area contributed by atoms with E-state index < -0.39 is 0 Å². The summed E-state index contributed by atoms with van der Waals surface area (Å²) >= 11 is 1.55. The highest BCUT2D eigenvalue weighted by molar-refractivity contribution is 7.13. The first-order valence-electron chi connectivity index (χ1n) is 4.72. The molecule has 1 aromatic rings. The minimum absolute atomic E-state index is 0.0844. The fourth-order valence-electron chi connectivity index (χ4n) is 1.15. The third kappa shape index (κ3) is 2.94. The van der Waals surface area contributed by atoms with Crippen LogP contribution in [0.5, 0.6) is 0 Å². The van der Waals surface area contributed by atoms with E-state index in [0.717, 1.165) is 17.2 Å². The van der Waals surface area contributed by atoms with Gasteiger partial charge >= 0.3 is 0 Å². The van der Waals surface area contributed by atoms with E-state index in [4.69, 9.17) is 10.2 Å². The number of aliphatic hydroxyl groups is 2. The fourth-order valence-corrected chi connectivity index (χ4v) is 2.11. The number of nitrogens with zero attached hydrogens (tertiary/aromatic N) is 2. The quantitative estimate of drug-likeness (QED) is 0.727. The van der Waals surface area contributed by atoms with Gasteiger partial charge in [-0.15, -0.1) is 11.3 Å². The van der Waals surface area contributed by atoms with Crippen molar-refractivity contribution in [2.75, 3.05) is 31.2 Å². The molecule has 1 heterocycles. The molecule has 0 fully saturated rings. The lowest BCUT2D eigenvalue weighted by Gasteiger charge is -2.18. The molecular weight excluding hydrogens is 200 g/mol.